The zero-order chi connectivity index (χ0) is 19.3. The molecule has 0 bridgehead atoms. The van der Waals surface area contributed by atoms with Gasteiger partial charge in [0.25, 0.3) is 0 Å². The molecule has 1 aliphatic rings. The third-order valence-electron chi connectivity index (χ3n) is 4.90. The predicted molar refractivity (Wildman–Crippen MR) is 108 cm³/mol. The summed E-state index contributed by atoms with van der Waals surface area (Å²) in [6.45, 7) is 3.16. The zero-order valence-corrected chi connectivity index (χ0v) is 16.3. The number of nitrogens with one attached hydrogen (secondary N) is 1. The Balaban J connectivity index is 1.23. The van der Waals surface area contributed by atoms with E-state index in [9.17, 15) is 9.59 Å². The van der Waals surface area contributed by atoms with E-state index in [-0.39, 0.29) is 24.7 Å². The van der Waals surface area contributed by atoms with E-state index in [1.54, 1.807) is 18.4 Å². The second kappa shape index (κ2) is 8.43. The first kappa shape index (κ1) is 18.5. The highest BCUT2D eigenvalue weighted by Crippen LogP contribution is 2.29. The van der Waals surface area contributed by atoms with Crippen molar-refractivity contribution in [3.63, 3.8) is 0 Å². The largest absolute Gasteiger partial charge is 0.467 e. The molecule has 1 N–H and O–H groups in total. The number of aromatic nitrogens is 1. The summed E-state index contributed by atoms with van der Waals surface area (Å²) in [6.07, 6.45) is 1.99. The van der Waals surface area contributed by atoms with Crippen LogP contribution in [0.4, 0.5) is 5.82 Å². The van der Waals surface area contributed by atoms with Crippen LogP contribution in [0.25, 0.3) is 10.1 Å². The Morgan fingerprint density at radius 2 is 1.89 bits per heavy atom. The minimum Gasteiger partial charge on any atom is -0.467 e. The molecule has 146 valence electrons. The predicted octanol–water partition coefficient (Wildman–Crippen LogP) is 2.63. The highest BCUT2D eigenvalue weighted by atomic mass is 32.1. The lowest BCUT2D eigenvalue weighted by atomic mass is 10.2. The Kier molecular flexibility index (Phi) is 5.57. The topological polar surface area (TPSA) is 78.7 Å². The number of anilines is 1. The van der Waals surface area contributed by atoms with Crippen molar-refractivity contribution in [1.29, 1.82) is 0 Å². The van der Waals surface area contributed by atoms with E-state index >= 15 is 0 Å². The monoisotopic (exact) mass is 398 g/mol. The molecule has 0 aliphatic carbocycles. The van der Waals surface area contributed by atoms with Gasteiger partial charge in [0, 0.05) is 44.4 Å². The van der Waals surface area contributed by atoms with Gasteiger partial charge in [-0.15, -0.1) is 0 Å². The molecule has 0 spiro atoms. The summed E-state index contributed by atoms with van der Waals surface area (Å²) in [7, 11) is 0. The number of hydrogen-bond acceptors (Lipinski definition) is 6. The van der Waals surface area contributed by atoms with Gasteiger partial charge in [0.1, 0.15) is 11.6 Å². The third-order valence-corrected chi connectivity index (χ3v) is 5.71. The average Bonchev–Trinajstić information content (AvgIpc) is 3.40. The number of benzene rings is 1. The number of fused-ring (bicyclic) bond motifs is 1. The quantitative estimate of drug-likeness (QED) is 0.691. The van der Waals surface area contributed by atoms with Crippen molar-refractivity contribution in [3.8, 4) is 0 Å². The smallest absolute Gasteiger partial charge is 0.223 e. The van der Waals surface area contributed by atoms with E-state index in [2.05, 4.69) is 26.7 Å². The van der Waals surface area contributed by atoms with Gasteiger partial charge in [0.15, 0.2) is 0 Å². The molecule has 1 saturated heterocycles. The molecule has 1 aromatic carbocycles. The number of nitrogens with zero attached hydrogens (tertiary/aromatic N) is 3. The number of carbonyl (C=O) groups is 2. The van der Waals surface area contributed by atoms with E-state index in [1.165, 1.54) is 21.6 Å². The maximum Gasteiger partial charge on any atom is 0.223 e. The standard InChI is InChI=1S/C20H22N4O3S/c25-18(21-14-15-4-3-13-27-15)7-8-19(26)23-9-11-24(12-10-23)20-16-5-1-2-6-17(16)28-22-20/h1-6,13H,7-12,14H2,(H,21,25). The molecule has 0 atom stereocenters. The van der Waals surface area contributed by atoms with Gasteiger partial charge in [-0.3, -0.25) is 9.59 Å². The van der Waals surface area contributed by atoms with Crippen LogP contribution in [0.15, 0.2) is 47.1 Å². The van der Waals surface area contributed by atoms with Crippen molar-refractivity contribution >= 4 is 39.3 Å². The summed E-state index contributed by atoms with van der Waals surface area (Å²) in [6, 6.07) is 11.8. The van der Waals surface area contributed by atoms with Crippen LogP contribution in [-0.2, 0) is 16.1 Å². The van der Waals surface area contributed by atoms with Gasteiger partial charge in [0.2, 0.25) is 11.8 Å². The molecule has 3 aromatic rings. The van der Waals surface area contributed by atoms with Crippen molar-refractivity contribution in [2.75, 3.05) is 31.1 Å². The van der Waals surface area contributed by atoms with Crippen molar-refractivity contribution in [3.05, 3.63) is 48.4 Å². The number of hydrogen-bond donors (Lipinski definition) is 1. The Morgan fingerprint density at radius 3 is 2.68 bits per heavy atom. The summed E-state index contributed by atoms with van der Waals surface area (Å²) >= 11 is 1.51. The second-order valence-electron chi connectivity index (χ2n) is 6.73. The first-order valence-electron chi connectivity index (χ1n) is 9.37. The second-order valence-corrected chi connectivity index (χ2v) is 7.53. The first-order chi connectivity index (χ1) is 13.7. The van der Waals surface area contributed by atoms with Gasteiger partial charge in [-0.25, -0.2) is 0 Å². The van der Waals surface area contributed by atoms with Crippen LogP contribution in [0, 0.1) is 0 Å². The lowest BCUT2D eigenvalue weighted by molar-refractivity contribution is -0.133. The number of rotatable bonds is 6. The van der Waals surface area contributed by atoms with Crippen LogP contribution < -0.4 is 10.2 Å². The fourth-order valence-corrected chi connectivity index (χ4v) is 4.13. The molecular formula is C20H22N4O3S. The molecule has 7 nitrogen and oxygen atoms in total. The Morgan fingerprint density at radius 1 is 1.07 bits per heavy atom. The fourth-order valence-electron chi connectivity index (χ4n) is 3.33. The number of amides is 2. The van der Waals surface area contributed by atoms with Crippen molar-refractivity contribution in [2.24, 2.45) is 0 Å². The van der Waals surface area contributed by atoms with Crippen LogP contribution in [-0.4, -0.2) is 47.3 Å². The lowest BCUT2D eigenvalue weighted by Gasteiger charge is -2.35. The zero-order valence-electron chi connectivity index (χ0n) is 15.5. The van der Waals surface area contributed by atoms with E-state index in [1.807, 2.05) is 17.0 Å². The highest BCUT2D eigenvalue weighted by Gasteiger charge is 2.23. The van der Waals surface area contributed by atoms with Crippen LogP contribution in [0.5, 0.6) is 0 Å². The Hall–Kier alpha value is -2.87. The van der Waals surface area contributed by atoms with Crippen molar-refractivity contribution in [1.82, 2.24) is 14.6 Å². The summed E-state index contributed by atoms with van der Waals surface area (Å²) in [4.78, 5) is 28.4. The van der Waals surface area contributed by atoms with Gasteiger partial charge in [0.05, 0.1) is 17.5 Å². The summed E-state index contributed by atoms with van der Waals surface area (Å²) in [5.41, 5.74) is 0. The van der Waals surface area contributed by atoms with Gasteiger partial charge < -0.3 is 19.5 Å². The third kappa shape index (κ3) is 4.17. The molecule has 0 unspecified atom stereocenters. The molecular weight excluding hydrogens is 376 g/mol. The summed E-state index contributed by atoms with van der Waals surface area (Å²) in [5, 5.41) is 3.93. The van der Waals surface area contributed by atoms with E-state index in [0.717, 1.165) is 18.9 Å². The van der Waals surface area contributed by atoms with Gasteiger partial charge >= 0.3 is 0 Å². The lowest BCUT2D eigenvalue weighted by Crippen LogP contribution is -2.49. The van der Waals surface area contributed by atoms with E-state index in [0.29, 0.717) is 25.4 Å². The van der Waals surface area contributed by atoms with Crippen LogP contribution in [0.3, 0.4) is 0 Å². The van der Waals surface area contributed by atoms with E-state index in [4.69, 9.17) is 4.42 Å². The SMILES string of the molecule is O=C(CCC(=O)N1CCN(c2nsc3ccccc23)CC1)NCc1ccco1. The average molecular weight is 398 g/mol. The number of piperazine rings is 1. The highest BCUT2D eigenvalue weighted by molar-refractivity contribution is 7.13. The molecule has 3 heterocycles. The maximum atomic E-state index is 12.4. The first-order valence-corrected chi connectivity index (χ1v) is 10.1. The molecule has 1 fully saturated rings. The van der Waals surface area contributed by atoms with Crippen molar-refractivity contribution < 1.29 is 14.0 Å². The maximum absolute atomic E-state index is 12.4. The van der Waals surface area contributed by atoms with Crippen molar-refractivity contribution in [2.45, 2.75) is 19.4 Å². The number of carbonyl (C=O) groups excluding carboxylic acids is 2. The molecule has 0 radical (unpaired) electrons. The summed E-state index contributed by atoms with van der Waals surface area (Å²) in [5.74, 6) is 1.59. The molecule has 4 rings (SSSR count). The van der Waals surface area contributed by atoms with Gasteiger partial charge in [-0.1, -0.05) is 12.1 Å². The normalized spacial score (nSPS) is 14.4. The van der Waals surface area contributed by atoms with E-state index < -0.39 is 0 Å². The van der Waals surface area contributed by atoms with Crippen LogP contribution >= 0.6 is 11.5 Å². The molecule has 8 heteroatoms. The van der Waals surface area contributed by atoms with Gasteiger partial charge in [-0.05, 0) is 35.8 Å². The minimum atomic E-state index is -0.141. The Labute approximate surface area is 167 Å². The molecule has 2 aromatic heterocycles. The molecule has 2 amide bonds. The van der Waals surface area contributed by atoms with Crippen LogP contribution in [0.1, 0.15) is 18.6 Å². The number of furan rings is 1. The Bertz CT molecular complexity index is 945. The fraction of sp³-hybridized carbons (Fsp3) is 0.350. The molecule has 0 saturated carbocycles. The summed E-state index contributed by atoms with van der Waals surface area (Å²) < 4.78 is 10.9. The molecule has 28 heavy (non-hydrogen) atoms. The minimum absolute atomic E-state index is 0.0240. The molecule has 1 aliphatic heterocycles. The van der Waals surface area contributed by atoms with Crippen LogP contribution in [0.2, 0.25) is 0 Å². The van der Waals surface area contributed by atoms with Gasteiger partial charge in [-0.2, -0.15) is 4.37 Å².